The number of carbonyl (C=O) groups is 1. The van der Waals surface area contributed by atoms with Crippen molar-refractivity contribution < 1.29 is 4.79 Å². The predicted molar refractivity (Wildman–Crippen MR) is 118 cm³/mol. The minimum absolute atomic E-state index is 0. The third-order valence-electron chi connectivity index (χ3n) is 4.93. The Kier molecular flexibility index (Phi) is 7.05. The molecule has 0 aliphatic heterocycles. The van der Waals surface area contributed by atoms with Gasteiger partial charge < -0.3 is 10.6 Å². The molecule has 2 N–H and O–H groups in total. The van der Waals surface area contributed by atoms with E-state index in [1.54, 1.807) is 24.0 Å². The monoisotopic (exact) mass is 449 g/mol. The van der Waals surface area contributed by atoms with Gasteiger partial charge in [-0.3, -0.25) is 9.78 Å². The number of pyridine rings is 2. The topological polar surface area (TPSA) is 79.8 Å². The van der Waals surface area contributed by atoms with E-state index in [4.69, 9.17) is 11.6 Å². The van der Waals surface area contributed by atoms with E-state index in [1.807, 2.05) is 25.1 Å². The lowest BCUT2D eigenvalue weighted by Gasteiger charge is -2.34. The zero-order chi connectivity index (χ0) is 19.5. The lowest BCUT2D eigenvalue weighted by Crippen LogP contribution is -2.36. The number of carbonyl (C=O) groups excluding carboxylic acids is 1. The first-order valence-corrected chi connectivity index (χ1v) is 10.4. The molecule has 0 radical (unpaired) electrons. The third-order valence-corrected chi connectivity index (χ3v) is 5.99. The Morgan fingerprint density at radius 3 is 2.66 bits per heavy atom. The summed E-state index contributed by atoms with van der Waals surface area (Å²) in [5.41, 5.74) is 2.67. The molecule has 0 bridgehead atoms. The number of amides is 1. The van der Waals surface area contributed by atoms with Gasteiger partial charge >= 0.3 is 0 Å². The lowest BCUT2D eigenvalue weighted by atomic mass is 9.77. The highest BCUT2D eigenvalue weighted by Gasteiger charge is 2.31. The molecule has 29 heavy (non-hydrogen) atoms. The largest absolute Gasteiger partial charge is 0.343 e. The quantitative estimate of drug-likeness (QED) is 0.531. The number of nitrogens with one attached hydrogen (secondary N) is 2. The Hall–Kier alpha value is -2.22. The molecule has 3 aromatic rings. The molecule has 1 aliphatic rings. The van der Waals surface area contributed by atoms with E-state index >= 15 is 0 Å². The second kappa shape index (κ2) is 9.52. The summed E-state index contributed by atoms with van der Waals surface area (Å²) in [5.74, 6) is 0.799. The molecule has 1 atom stereocenters. The Morgan fingerprint density at radius 2 is 2.07 bits per heavy atom. The number of nitrogens with zero attached hydrogens (tertiary/aromatic N) is 3. The third kappa shape index (κ3) is 5.04. The molecule has 0 saturated heterocycles. The van der Waals surface area contributed by atoms with Crippen LogP contribution in [0.15, 0.2) is 42.2 Å². The van der Waals surface area contributed by atoms with E-state index < -0.39 is 0 Å². The van der Waals surface area contributed by atoms with Gasteiger partial charge in [0.2, 0.25) is 0 Å². The summed E-state index contributed by atoms with van der Waals surface area (Å²) in [5, 5.41) is 9.07. The fourth-order valence-electron chi connectivity index (χ4n) is 3.18. The summed E-state index contributed by atoms with van der Waals surface area (Å²) in [7, 11) is 0. The highest BCUT2D eigenvalue weighted by atomic mass is 35.5. The maximum absolute atomic E-state index is 12.5. The number of thiazole rings is 1. The molecule has 3 aromatic heterocycles. The normalized spacial score (nSPS) is 14.4. The first-order chi connectivity index (χ1) is 13.6. The van der Waals surface area contributed by atoms with Crippen molar-refractivity contribution in [2.75, 3.05) is 5.32 Å². The molecule has 3 heterocycles. The number of aromatic nitrogens is 3. The summed E-state index contributed by atoms with van der Waals surface area (Å²) in [6.45, 7) is 1.93. The van der Waals surface area contributed by atoms with Gasteiger partial charge in [-0.1, -0.05) is 18.0 Å². The summed E-state index contributed by atoms with van der Waals surface area (Å²) < 4.78 is 0. The number of hydrogen-bond acceptors (Lipinski definition) is 6. The van der Waals surface area contributed by atoms with Crippen molar-refractivity contribution in [1.29, 1.82) is 0 Å². The average molecular weight is 450 g/mol. The molecule has 1 fully saturated rings. The second-order valence-electron chi connectivity index (χ2n) is 6.89. The minimum atomic E-state index is -0.157. The van der Waals surface area contributed by atoms with E-state index in [-0.39, 0.29) is 24.4 Å². The first-order valence-electron chi connectivity index (χ1n) is 9.15. The van der Waals surface area contributed by atoms with E-state index in [9.17, 15) is 4.79 Å². The van der Waals surface area contributed by atoms with E-state index in [1.165, 1.54) is 17.8 Å². The number of aryl methyl sites for hydroxylation is 1. The molecule has 152 valence electrons. The fraction of sp³-hybridized carbons (Fsp3) is 0.300. The number of rotatable bonds is 6. The summed E-state index contributed by atoms with van der Waals surface area (Å²) in [4.78, 5) is 25.4. The van der Waals surface area contributed by atoms with Crippen LogP contribution in [0.4, 0.5) is 11.5 Å². The highest BCUT2D eigenvalue weighted by molar-refractivity contribution is 7.11. The standard InChI is InChI=1S/C20H20ClN5OS.ClH/c1-12-5-6-15(11-23-12)25-18-16(21)9-14(10-24-18)17(13-3-2-4-13)26-19(27)20-22-7-8-28-20;/h5-11,13,17H,2-4H2,1H3,(H,24,25)(H,26,27);1H/t17-;/m1./s1. The first kappa shape index (κ1) is 21.5. The van der Waals surface area contributed by atoms with Gasteiger partial charge in [0.15, 0.2) is 5.01 Å². The van der Waals surface area contributed by atoms with Crippen LogP contribution < -0.4 is 10.6 Å². The average Bonchev–Trinajstić information content (AvgIpc) is 3.18. The smallest absolute Gasteiger partial charge is 0.280 e. The molecule has 1 amide bonds. The fourth-order valence-corrected chi connectivity index (χ4v) is 3.94. The molecular formula is C20H21Cl2N5OS. The van der Waals surface area contributed by atoms with Gasteiger partial charge in [0, 0.05) is 23.5 Å². The molecule has 4 rings (SSSR count). The zero-order valence-corrected chi connectivity index (χ0v) is 18.2. The van der Waals surface area contributed by atoms with Crippen molar-refractivity contribution >= 4 is 52.8 Å². The Labute approximate surface area is 184 Å². The second-order valence-corrected chi connectivity index (χ2v) is 8.19. The Balaban J connectivity index is 0.00000240. The van der Waals surface area contributed by atoms with Gasteiger partial charge in [0.1, 0.15) is 5.82 Å². The SMILES string of the molecule is Cc1ccc(Nc2ncc([C@H](NC(=O)c3nccs3)C3CCC3)cc2Cl)cn1.Cl. The molecular weight excluding hydrogens is 429 g/mol. The van der Waals surface area contributed by atoms with Gasteiger partial charge in [0.25, 0.3) is 5.91 Å². The molecule has 0 aromatic carbocycles. The number of anilines is 2. The Morgan fingerprint density at radius 1 is 1.24 bits per heavy atom. The number of hydrogen-bond donors (Lipinski definition) is 2. The van der Waals surface area contributed by atoms with Crippen molar-refractivity contribution in [3.05, 3.63) is 63.5 Å². The summed E-state index contributed by atoms with van der Waals surface area (Å²) in [6.07, 6.45) is 8.49. The summed E-state index contributed by atoms with van der Waals surface area (Å²) >= 11 is 7.82. The van der Waals surface area contributed by atoms with Crippen molar-refractivity contribution in [2.24, 2.45) is 5.92 Å². The van der Waals surface area contributed by atoms with E-state index in [0.29, 0.717) is 21.8 Å². The van der Waals surface area contributed by atoms with Gasteiger partial charge in [-0.05, 0) is 49.4 Å². The van der Waals surface area contributed by atoms with Crippen LogP contribution in [0.2, 0.25) is 5.02 Å². The van der Waals surface area contributed by atoms with Crippen LogP contribution in [-0.4, -0.2) is 20.9 Å². The van der Waals surface area contributed by atoms with Gasteiger partial charge in [-0.2, -0.15) is 0 Å². The molecule has 9 heteroatoms. The maximum Gasteiger partial charge on any atom is 0.280 e. The van der Waals surface area contributed by atoms with Crippen LogP contribution in [-0.2, 0) is 0 Å². The van der Waals surface area contributed by atoms with Crippen molar-refractivity contribution in [3.8, 4) is 0 Å². The van der Waals surface area contributed by atoms with Crippen LogP contribution in [0.3, 0.4) is 0 Å². The van der Waals surface area contributed by atoms with Crippen molar-refractivity contribution in [2.45, 2.75) is 32.2 Å². The van der Waals surface area contributed by atoms with Gasteiger partial charge in [-0.25, -0.2) is 9.97 Å². The molecule has 0 unspecified atom stereocenters. The highest BCUT2D eigenvalue weighted by Crippen LogP contribution is 2.39. The van der Waals surface area contributed by atoms with Crippen LogP contribution >= 0.6 is 35.3 Å². The number of halogens is 2. The summed E-state index contributed by atoms with van der Waals surface area (Å²) in [6, 6.07) is 5.61. The Bertz CT molecular complexity index is 962. The van der Waals surface area contributed by atoms with Crippen LogP contribution in [0, 0.1) is 12.8 Å². The maximum atomic E-state index is 12.5. The van der Waals surface area contributed by atoms with Gasteiger partial charge in [0.05, 0.1) is 22.9 Å². The van der Waals surface area contributed by atoms with Crippen molar-refractivity contribution in [3.63, 3.8) is 0 Å². The molecule has 1 saturated carbocycles. The van der Waals surface area contributed by atoms with Crippen LogP contribution in [0.25, 0.3) is 0 Å². The zero-order valence-electron chi connectivity index (χ0n) is 15.8. The van der Waals surface area contributed by atoms with E-state index in [2.05, 4.69) is 25.6 Å². The van der Waals surface area contributed by atoms with Crippen LogP contribution in [0.1, 0.15) is 46.4 Å². The molecule has 1 aliphatic carbocycles. The lowest BCUT2D eigenvalue weighted by molar-refractivity contribution is 0.0900. The van der Waals surface area contributed by atoms with Crippen molar-refractivity contribution in [1.82, 2.24) is 20.3 Å². The molecule has 6 nitrogen and oxygen atoms in total. The minimum Gasteiger partial charge on any atom is -0.343 e. The predicted octanol–water partition coefficient (Wildman–Crippen LogP) is 5.33. The molecule has 0 spiro atoms. The van der Waals surface area contributed by atoms with Crippen LogP contribution in [0.5, 0.6) is 0 Å². The van der Waals surface area contributed by atoms with E-state index in [0.717, 1.165) is 29.8 Å². The van der Waals surface area contributed by atoms with Gasteiger partial charge in [-0.15, -0.1) is 23.7 Å².